The third-order valence-electron chi connectivity index (χ3n) is 5.08. The molecule has 0 N–H and O–H groups in total. The van der Waals surface area contributed by atoms with Gasteiger partial charge in [-0.1, -0.05) is 35.1 Å². The normalized spacial score (nSPS) is 15.4. The van der Waals surface area contributed by atoms with Crippen molar-refractivity contribution in [1.29, 1.82) is 0 Å². The van der Waals surface area contributed by atoms with Crippen molar-refractivity contribution in [3.05, 3.63) is 54.6 Å². The van der Waals surface area contributed by atoms with Gasteiger partial charge >= 0.3 is 0 Å². The van der Waals surface area contributed by atoms with Crippen LogP contribution in [0.1, 0.15) is 37.3 Å². The number of nitrogens with zero attached hydrogens (tertiary/aromatic N) is 6. The summed E-state index contributed by atoms with van der Waals surface area (Å²) in [6.45, 7) is 4.03. The highest BCUT2D eigenvalue weighted by molar-refractivity contribution is 7.99. The van der Waals surface area contributed by atoms with E-state index in [4.69, 9.17) is 8.94 Å². The lowest BCUT2D eigenvalue weighted by Crippen LogP contribution is -2.31. The molecule has 0 saturated carbocycles. The van der Waals surface area contributed by atoms with E-state index in [1.807, 2.05) is 31.2 Å². The SMILES string of the molecule is CC(Sc1nnc(N2CCCCC2)n1-c1ccccc1)c1nc(-c2ccco2)no1. The maximum atomic E-state index is 5.48. The Morgan fingerprint density at radius 2 is 1.83 bits per heavy atom. The molecule has 1 atom stereocenters. The minimum absolute atomic E-state index is 0.0953. The molecule has 9 heteroatoms. The summed E-state index contributed by atoms with van der Waals surface area (Å²) in [5, 5.41) is 13.8. The fourth-order valence-corrected chi connectivity index (χ4v) is 4.45. The smallest absolute Gasteiger partial charge is 0.240 e. The average Bonchev–Trinajstić information content (AvgIpc) is 3.55. The number of thioether (sulfide) groups is 1. The summed E-state index contributed by atoms with van der Waals surface area (Å²) in [4.78, 5) is 6.81. The Hall–Kier alpha value is -3.07. The van der Waals surface area contributed by atoms with Gasteiger partial charge in [0.1, 0.15) is 0 Å². The molecule has 0 amide bonds. The molecule has 0 spiro atoms. The molecule has 0 radical (unpaired) electrons. The van der Waals surface area contributed by atoms with Gasteiger partial charge in [-0.25, -0.2) is 0 Å². The van der Waals surface area contributed by atoms with Crippen molar-refractivity contribution in [2.24, 2.45) is 0 Å². The van der Waals surface area contributed by atoms with Crippen LogP contribution in [-0.2, 0) is 0 Å². The molecule has 30 heavy (non-hydrogen) atoms. The van der Waals surface area contributed by atoms with Crippen LogP contribution in [0.5, 0.6) is 0 Å². The van der Waals surface area contributed by atoms with E-state index >= 15 is 0 Å². The molecule has 5 rings (SSSR count). The first kappa shape index (κ1) is 18.9. The molecule has 154 valence electrons. The van der Waals surface area contributed by atoms with Gasteiger partial charge in [-0.15, -0.1) is 10.2 Å². The van der Waals surface area contributed by atoms with E-state index in [2.05, 4.69) is 41.9 Å². The van der Waals surface area contributed by atoms with Crippen LogP contribution in [0.25, 0.3) is 17.3 Å². The average molecular weight is 423 g/mol. The van der Waals surface area contributed by atoms with Crippen molar-refractivity contribution in [2.75, 3.05) is 18.0 Å². The molecule has 1 aliphatic rings. The lowest BCUT2D eigenvalue weighted by molar-refractivity contribution is 0.379. The second-order valence-electron chi connectivity index (χ2n) is 7.19. The van der Waals surface area contributed by atoms with E-state index in [0.29, 0.717) is 17.5 Å². The molecule has 1 saturated heterocycles. The van der Waals surface area contributed by atoms with Gasteiger partial charge in [-0.2, -0.15) is 4.98 Å². The summed E-state index contributed by atoms with van der Waals surface area (Å²) in [6, 6.07) is 13.8. The summed E-state index contributed by atoms with van der Waals surface area (Å²) >= 11 is 1.55. The van der Waals surface area contributed by atoms with Crippen LogP contribution >= 0.6 is 11.8 Å². The summed E-state index contributed by atoms with van der Waals surface area (Å²) in [7, 11) is 0. The summed E-state index contributed by atoms with van der Waals surface area (Å²) < 4.78 is 13.0. The zero-order valence-corrected chi connectivity index (χ0v) is 17.5. The third kappa shape index (κ3) is 3.72. The van der Waals surface area contributed by atoms with E-state index in [1.54, 1.807) is 24.1 Å². The molecule has 3 aromatic heterocycles. The van der Waals surface area contributed by atoms with Gasteiger partial charge in [0.25, 0.3) is 0 Å². The van der Waals surface area contributed by atoms with Crippen LogP contribution in [0.3, 0.4) is 0 Å². The summed E-state index contributed by atoms with van der Waals surface area (Å²) in [5.74, 6) is 2.44. The molecular weight excluding hydrogens is 400 g/mol. The number of furan rings is 1. The number of para-hydroxylation sites is 1. The second-order valence-corrected chi connectivity index (χ2v) is 8.50. The highest BCUT2D eigenvalue weighted by Crippen LogP contribution is 2.37. The molecule has 1 fully saturated rings. The number of aromatic nitrogens is 5. The molecule has 1 aliphatic heterocycles. The Morgan fingerprint density at radius 1 is 1.00 bits per heavy atom. The van der Waals surface area contributed by atoms with Crippen molar-refractivity contribution in [3.8, 4) is 17.3 Å². The van der Waals surface area contributed by atoms with E-state index in [1.165, 1.54) is 19.3 Å². The quantitative estimate of drug-likeness (QED) is 0.411. The van der Waals surface area contributed by atoms with Gasteiger partial charge in [0.15, 0.2) is 10.9 Å². The monoisotopic (exact) mass is 422 g/mol. The van der Waals surface area contributed by atoms with Crippen molar-refractivity contribution in [2.45, 2.75) is 36.6 Å². The molecule has 4 aromatic rings. The van der Waals surface area contributed by atoms with Gasteiger partial charge < -0.3 is 13.8 Å². The zero-order chi connectivity index (χ0) is 20.3. The Labute approximate surface area is 178 Å². The van der Waals surface area contributed by atoms with E-state index in [9.17, 15) is 0 Å². The molecule has 4 heterocycles. The van der Waals surface area contributed by atoms with Crippen molar-refractivity contribution in [1.82, 2.24) is 24.9 Å². The van der Waals surface area contributed by atoms with Gasteiger partial charge in [-0.05, 0) is 50.5 Å². The minimum atomic E-state index is -0.0953. The number of benzene rings is 1. The van der Waals surface area contributed by atoms with E-state index in [-0.39, 0.29) is 5.25 Å². The lowest BCUT2D eigenvalue weighted by Gasteiger charge is -2.27. The number of hydrogen-bond acceptors (Lipinski definition) is 8. The predicted molar refractivity (Wildman–Crippen MR) is 114 cm³/mol. The first-order valence-corrected chi connectivity index (χ1v) is 11.0. The topological polar surface area (TPSA) is 86.0 Å². The Morgan fingerprint density at radius 3 is 2.60 bits per heavy atom. The number of anilines is 1. The molecule has 8 nitrogen and oxygen atoms in total. The van der Waals surface area contributed by atoms with Crippen LogP contribution in [0.4, 0.5) is 5.95 Å². The fraction of sp³-hybridized carbons (Fsp3) is 0.333. The third-order valence-corrected chi connectivity index (χ3v) is 6.11. The highest BCUT2D eigenvalue weighted by Gasteiger charge is 2.25. The van der Waals surface area contributed by atoms with Crippen LogP contribution in [0, 0.1) is 0 Å². The standard InChI is InChI=1S/C21H22N6O2S/c1-15(19-22-18(25-29-19)17-11-8-14-28-17)30-21-24-23-20(26-12-6-3-7-13-26)27(21)16-9-4-2-5-10-16/h2,4-5,8-11,14-15H,3,6-7,12-13H2,1H3. The second kappa shape index (κ2) is 8.35. The van der Waals surface area contributed by atoms with Gasteiger partial charge in [0, 0.05) is 13.1 Å². The predicted octanol–water partition coefficient (Wildman–Crippen LogP) is 4.75. The van der Waals surface area contributed by atoms with Crippen LogP contribution < -0.4 is 4.90 Å². The zero-order valence-electron chi connectivity index (χ0n) is 16.6. The summed E-state index contributed by atoms with van der Waals surface area (Å²) in [6.07, 6.45) is 5.22. The van der Waals surface area contributed by atoms with Crippen molar-refractivity contribution >= 4 is 17.7 Å². The molecular formula is C21H22N6O2S. The van der Waals surface area contributed by atoms with Crippen molar-refractivity contribution < 1.29 is 8.94 Å². The van der Waals surface area contributed by atoms with Crippen LogP contribution in [0.15, 0.2) is 62.8 Å². The van der Waals surface area contributed by atoms with E-state index in [0.717, 1.165) is 29.9 Å². The maximum Gasteiger partial charge on any atom is 0.240 e. The van der Waals surface area contributed by atoms with Crippen molar-refractivity contribution in [3.63, 3.8) is 0 Å². The van der Waals surface area contributed by atoms with E-state index < -0.39 is 0 Å². The minimum Gasteiger partial charge on any atom is -0.461 e. The van der Waals surface area contributed by atoms with Gasteiger partial charge in [-0.3, -0.25) is 4.57 Å². The fourth-order valence-electron chi connectivity index (χ4n) is 3.56. The molecule has 0 aliphatic carbocycles. The molecule has 1 unspecified atom stereocenters. The lowest BCUT2D eigenvalue weighted by atomic mass is 10.1. The van der Waals surface area contributed by atoms with Crippen LogP contribution in [0.2, 0.25) is 0 Å². The number of piperidine rings is 1. The highest BCUT2D eigenvalue weighted by atomic mass is 32.2. The Bertz CT molecular complexity index is 1090. The van der Waals surface area contributed by atoms with Gasteiger partial charge in [0.2, 0.25) is 17.7 Å². The Kier molecular flexibility index (Phi) is 5.27. The van der Waals surface area contributed by atoms with Gasteiger partial charge in [0.05, 0.1) is 17.2 Å². The Balaban J connectivity index is 1.44. The first-order valence-electron chi connectivity index (χ1n) is 10.1. The molecule has 0 bridgehead atoms. The largest absolute Gasteiger partial charge is 0.461 e. The molecule has 1 aromatic carbocycles. The first-order chi connectivity index (χ1) is 14.8. The number of hydrogen-bond donors (Lipinski definition) is 0. The maximum absolute atomic E-state index is 5.48. The summed E-state index contributed by atoms with van der Waals surface area (Å²) in [5.41, 5.74) is 1.04. The van der Waals surface area contributed by atoms with Crippen LogP contribution in [-0.4, -0.2) is 38.0 Å². The number of rotatable bonds is 6.